The summed E-state index contributed by atoms with van der Waals surface area (Å²) in [6.45, 7) is 0. The van der Waals surface area contributed by atoms with E-state index in [2.05, 4.69) is 0 Å². The molecule has 2 aliphatic rings. The molecule has 2 saturated carbocycles. The zero-order valence-electron chi connectivity index (χ0n) is 12.1. The zero-order chi connectivity index (χ0) is 12.8. The molecule has 0 aliphatic heterocycles. The molecule has 2 aliphatic carbocycles. The van der Waals surface area contributed by atoms with Gasteiger partial charge in [-0.2, -0.15) is 0 Å². The quantitative estimate of drug-likeness (QED) is 0.768. The highest BCUT2D eigenvalue weighted by Gasteiger charge is 2.38. The third-order valence-corrected chi connectivity index (χ3v) is 5.34. The van der Waals surface area contributed by atoms with E-state index in [0.29, 0.717) is 0 Å². The third kappa shape index (κ3) is 3.48. The minimum absolute atomic E-state index is 0.00600. The topological polar surface area (TPSA) is 35.2 Å². The molecule has 2 fully saturated rings. The van der Waals surface area contributed by atoms with Gasteiger partial charge >= 0.3 is 0 Å². The summed E-state index contributed by atoms with van der Waals surface area (Å²) in [5, 5.41) is 0. The zero-order valence-corrected chi connectivity index (χ0v) is 12.1. The van der Waals surface area contributed by atoms with Crippen LogP contribution in [0.4, 0.5) is 0 Å². The predicted octanol–water partition coefficient (Wildman–Crippen LogP) is 4.02. The van der Waals surface area contributed by atoms with E-state index >= 15 is 0 Å². The first-order valence-electron chi connectivity index (χ1n) is 8.07. The molecular formula is C16H31NO. The van der Waals surface area contributed by atoms with Crippen LogP contribution in [0.15, 0.2) is 0 Å². The van der Waals surface area contributed by atoms with E-state index in [1.54, 1.807) is 0 Å². The fraction of sp³-hybridized carbons (Fsp3) is 1.00. The predicted molar refractivity (Wildman–Crippen MR) is 76.6 cm³/mol. The molecule has 0 spiro atoms. The van der Waals surface area contributed by atoms with Gasteiger partial charge in [-0.25, -0.2) is 0 Å². The van der Waals surface area contributed by atoms with Gasteiger partial charge in [0.25, 0.3) is 0 Å². The second-order valence-corrected chi connectivity index (χ2v) is 6.53. The molecule has 18 heavy (non-hydrogen) atoms. The Bertz CT molecular complexity index is 227. The summed E-state index contributed by atoms with van der Waals surface area (Å²) in [6.07, 6.45) is 15.9. The van der Waals surface area contributed by atoms with Crippen LogP contribution in [0, 0.1) is 5.92 Å². The van der Waals surface area contributed by atoms with Gasteiger partial charge in [-0.3, -0.25) is 0 Å². The van der Waals surface area contributed by atoms with Crippen molar-refractivity contribution in [2.45, 2.75) is 88.7 Å². The lowest BCUT2D eigenvalue weighted by atomic mass is 9.78. The Morgan fingerprint density at radius 2 is 1.56 bits per heavy atom. The Labute approximate surface area is 113 Å². The van der Waals surface area contributed by atoms with Gasteiger partial charge in [0, 0.05) is 13.2 Å². The average molecular weight is 253 g/mol. The normalized spacial score (nSPS) is 27.7. The maximum absolute atomic E-state index is 6.57. The Hall–Kier alpha value is -0.0800. The van der Waals surface area contributed by atoms with Crippen molar-refractivity contribution < 1.29 is 4.74 Å². The van der Waals surface area contributed by atoms with E-state index in [1.807, 2.05) is 7.11 Å². The lowest BCUT2D eigenvalue weighted by molar-refractivity contribution is -0.0492. The van der Waals surface area contributed by atoms with Crippen LogP contribution in [0.5, 0.6) is 0 Å². The van der Waals surface area contributed by atoms with Crippen molar-refractivity contribution in [3.05, 3.63) is 0 Å². The van der Waals surface area contributed by atoms with E-state index in [9.17, 15) is 0 Å². The Kier molecular flexibility index (Phi) is 5.50. The lowest BCUT2D eigenvalue weighted by Crippen LogP contribution is -2.50. The van der Waals surface area contributed by atoms with Crippen molar-refractivity contribution >= 4 is 0 Å². The summed E-state index contributed by atoms with van der Waals surface area (Å²) in [4.78, 5) is 0. The van der Waals surface area contributed by atoms with Gasteiger partial charge in [0.05, 0.1) is 5.60 Å². The van der Waals surface area contributed by atoms with Crippen molar-refractivity contribution in [3.63, 3.8) is 0 Å². The number of ether oxygens (including phenoxy) is 1. The number of methoxy groups -OCH3 is 1. The molecule has 2 heteroatoms. The molecule has 0 radical (unpaired) electrons. The highest BCUT2D eigenvalue weighted by atomic mass is 16.5. The fourth-order valence-corrected chi connectivity index (χ4v) is 4.05. The summed E-state index contributed by atoms with van der Waals surface area (Å²) in [7, 11) is 1.88. The van der Waals surface area contributed by atoms with Crippen molar-refractivity contribution in [2.24, 2.45) is 11.7 Å². The molecule has 1 atom stereocenters. The maximum atomic E-state index is 6.57. The van der Waals surface area contributed by atoms with Crippen LogP contribution < -0.4 is 5.73 Å². The second-order valence-electron chi connectivity index (χ2n) is 6.53. The van der Waals surface area contributed by atoms with E-state index in [1.165, 1.54) is 77.0 Å². The number of rotatable bonds is 4. The third-order valence-electron chi connectivity index (χ3n) is 5.34. The molecule has 0 amide bonds. The number of nitrogens with two attached hydrogens (primary N) is 1. The smallest absolute Gasteiger partial charge is 0.0828 e. The number of hydrogen-bond donors (Lipinski definition) is 1. The van der Waals surface area contributed by atoms with Crippen LogP contribution in [-0.2, 0) is 4.74 Å². The average Bonchev–Trinajstić information content (AvgIpc) is 2.66. The summed E-state index contributed by atoms with van der Waals surface area (Å²) in [6, 6.07) is 0.253. The van der Waals surface area contributed by atoms with Crippen LogP contribution in [0.1, 0.15) is 77.0 Å². The number of hydrogen-bond acceptors (Lipinski definition) is 2. The highest BCUT2D eigenvalue weighted by Crippen LogP contribution is 2.36. The van der Waals surface area contributed by atoms with Crippen molar-refractivity contribution in [3.8, 4) is 0 Å². The molecule has 106 valence electrons. The van der Waals surface area contributed by atoms with Crippen molar-refractivity contribution in [1.82, 2.24) is 0 Å². The summed E-state index contributed by atoms with van der Waals surface area (Å²) in [5.41, 5.74) is 6.56. The van der Waals surface area contributed by atoms with Crippen molar-refractivity contribution in [1.29, 1.82) is 0 Å². The molecule has 0 saturated heterocycles. The maximum Gasteiger partial charge on any atom is 0.0828 e. The molecule has 0 heterocycles. The molecule has 0 aromatic heterocycles. The van der Waals surface area contributed by atoms with Gasteiger partial charge in [0.2, 0.25) is 0 Å². The molecule has 1 unspecified atom stereocenters. The summed E-state index contributed by atoms with van der Waals surface area (Å²) < 4.78 is 5.94. The first kappa shape index (κ1) is 14.3. The first-order chi connectivity index (χ1) is 8.77. The minimum atomic E-state index is -0.00600. The van der Waals surface area contributed by atoms with Gasteiger partial charge in [-0.05, 0) is 25.2 Å². The van der Waals surface area contributed by atoms with Crippen LogP contribution in [0.2, 0.25) is 0 Å². The highest BCUT2D eigenvalue weighted by molar-refractivity contribution is 4.93. The van der Waals surface area contributed by atoms with Crippen LogP contribution in [0.3, 0.4) is 0 Å². The Morgan fingerprint density at radius 1 is 1.00 bits per heavy atom. The summed E-state index contributed by atoms with van der Waals surface area (Å²) >= 11 is 0. The first-order valence-corrected chi connectivity index (χ1v) is 8.07. The molecule has 0 bridgehead atoms. The molecule has 2 rings (SSSR count). The van der Waals surface area contributed by atoms with Gasteiger partial charge in [0.15, 0.2) is 0 Å². The fourth-order valence-electron chi connectivity index (χ4n) is 4.05. The van der Waals surface area contributed by atoms with Crippen LogP contribution in [0.25, 0.3) is 0 Å². The SMILES string of the molecule is COC1(C(N)CC2CCCCC2)CCCCCC1. The lowest BCUT2D eigenvalue weighted by Gasteiger charge is -2.39. The van der Waals surface area contributed by atoms with Crippen LogP contribution in [-0.4, -0.2) is 18.8 Å². The van der Waals surface area contributed by atoms with Gasteiger partial charge in [0.1, 0.15) is 0 Å². The Balaban J connectivity index is 1.92. The molecule has 2 nitrogen and oxygen atoms in total. The van der Waals surface area contributed by atoms with E-state index in [4.69, 9.17) is 10.5 Å². The molecule has 2 N–H and O–H groups in total. The van der Waals surface area contributed by atoms with Crippen molar-refractivity contribution in [2.75, 3.05) is 7.11 Å². The Morgan fingerprint density at radius 3 is 2.11 bits per heavy atom. The standard InChI is InChI=1S/C16H31NO/c1-18-16(11-7-2-3-8-12-16)15(17)13-14-9-5-4-6-10-14/h14-15H,2-13,17H2,1H3. The van der Waals surface area contributed by atoms with E-state index in [0.717, 1.165) is 5.92 Å². The second kappa shape index (κ2) is 6.91. The van der Waals surface area contributed by atoms with Gasteiger partial charge in [-0.15, -0.1) is 0 Å². The van der Waals surface area contributed by atoms with E-state index in [-0.39, 0.29) is 11.6 Å². The molecular weight excluding hydrogens is 222 g/mol. The molecule has 0 aromatic rings. The monoisotopic (exact) mass is 253 g/mol. The van der Waals surface area contributed by atoms with Crippen LogP contribution >= 0.6 is 0 Å². The van der Waals surface area contributed by atoms with Gasteiger partial charge in [-0.1, -0.05) is 57.8 Å². The minimum Gasteiger partial charge on any atom is -0.377 e. The van der Waals surface area contributed by atoms with Gasteiger partial charge < -0.3 is 10.5 Å². The summed E-state index contributed by atoms with van der Waals surface area (Å²) in [5.74, 6) is 0.865. The van der Waals surface area contributed by atoms with E-state index < -0.39 is 0 Å². The molecule has 0 aromatic carbocycles. The largest absolute Gasteiger partial charge is 0.377 e.